The fourth-order valence-electron chi connectivity index (χ4n) is 4.11. The van der Waals surface area contributed by atoms with Crippen molar-refractivity contribution >= 4 is 12.0 Å². The van der Waals surface area contributed by atoms with Gasteiger partial charge in [0.2, 0.25) is 5.91 Å². The number of aryl methyl sites for hydroxylation is 2. The van der Waals surface area contributed by atoms with Crippen LogP contribution in [-0.4, -0.2) is 57.7 Å². The molecule has 6 nitrogen and oxygen atoms in total. The fraction of sp³-hybridized carbons (Fsp3) is 0.480. The molecule has 1 aliphatic heterocycles. The van der Waals surface area contributed by atoms with Crippen molar-refractivity contribution in [1.29, 1.82) is 5.26 Å². The van der Waals surface area contributed by atoms with Gasteiger partial charge in [0.15, 0.2) is 0 Å². The number of carbonyl (C=O) groups is 1. The summed E-state index contributed by atoms with van der Waals surface area (Å²) >= 11 is 0. The van der Waals surface area contributed by atoms with Gasteiger partial charge in [-0.2, -0.15) is 10.4 Å². The average molecular weight is 420 g/mol. The molecule has 1 amide bonds. The normalized spacial score (nSPS) is 16.1. The van der Waals surface area contributed by atoms with E-state index in [1.165, 1.54) is 11.1 Å². The summed E-state index contributed by atoms with van der Waals surface area (Å²) in [5.74, 6) is 0.303. The molecule has 164 valence electrons. The van der Waals surface area contributed by atoms with E-state index in [1.807, 2.05) is 29.5 Å². The van der Waals surface area contributed by atoms with Gasteiger partial charge in [-0.25, -0.2) is 0 Å². The van der Waals surface area contributed by atoms with Gasteiger partial charge in [0.25, 0.3) is 0 Å². The highest BCUT2D eigenvalue weighted by atomic mass is 16.2. The van der Waals surface area contributed by atoms with Crippen LogP contribution < -0.4 is 0 Å². The van der Waals surface area contributed by atoms with Crippen molar-refractivity contribution < 1.29 is 4.79 Å². The molecule has 0 radical (unpaired) electrons. The zero-order chi connectivity index (χ0) is 22.5. The first-order valence-corrected chi connectivity index (χ1v) is 11.0. The summed E-state index contributed by atoms with van der Waals surface area (Å²) in [6.45, 7) is 13.7. The lowest BCUT2D eigenvalue weighted by Gasteiger charge is -2.37. The average Bonchev–Trinajstić information content (AvgIpc) is 3.01. The lowest BCUT2D eigenvalue weighted by molar-refractivity contribution is -0.127. The molecule has 2 heterocycles. The van der Waals surface area contributed by atoms with E-state index < -0.39 is 0 Å². The summed E-state index contributed by atoms with van der Waals surface area (Å²) < 4.78 is 2.00. The van der Waals surface area contributed by atoms with Crippen molar-refractivity contribution in [1.82, 2.24) is 19.6 Å². The number of hydrogen-bond acceptors (Lipinski definition) is 4. The zero-order valence-corrected chi connectivity index (χ0v) is 19.3. The molecule has 0 saturated carbocycles. The third-order valence-corrected chi connectivity index (χ3v) is 6.07. The van der Waals surface area contributed by atoms with Gasteiger partial charge in [-0.15, -0.1) is 0 Å². The van der Waals surface area contributed by atoms with Gasteiger partial charge in [-0.1, -0.05) is 43.7 Å². The Morgan fingerprint density at radius 2 is 1.77 bits per heavy atom. The number of nitriles is 1. The number of aromatic nitrogens is 2. The maximum atomic E-state index is 12.7. The Labute approximate surface area is 185 Å². The number of benzene rings is 1. The molecule has 1 unspecified atom stereocenters. The van der Waals surface area contributed by atoms with Crippen molar-refractivity contribution in [2.45, 2.75) is 47.2 Å². The van der Waals surface area contributed by atoms with Crippen LogP contribution in [0.1, 0.15) is 41.9 Å². The van der Waals surface area contributed by atoms with E-state index in [4.69, 9.17) is 0 Å². The summed E-state index contributed by atoms with van der Waals surface area (Å²) in [5, 5.41) is 14.1. The minimum Gasteiger partial charge on any atom is -0.337 e. The topological polar surface area (TPSA) is 65.2 Å². The van der Waals surface area contributed by atoms with E-state index in [0.29, 0.717) is 19.6 Å². The highest BCUT2D eigenvalue weighted by Gasteiger charge is 2.27. The second-order valence-electron chi connectivity index (χ2n) is 8.74. The van der Waals surface area contributed by atoms with Crippen LogP contribution in [0.3, 0.4) is 0 Å². The van der Waals surface area contributed by atoms with Gasteiger partial charge in [0, 0.05) is 43.5 Å². The van der Waals surface area contributed by atoms with Crippen LogP contribution in [0, 0.1) is 38.0 Å². The van der Waals surface area contributed by atoms with Gasteiger partial charge < -0.3 is 4.90 Å². The molecule has 1 aromatic carbocycles. The summed E-state index contributed by atoms with van der Waals surface area (Å²) in [4.78, 5) is 16.8. The lowest BCUT2D eigenvalue weighted by atomic mass is 10.0. The van der Waals surface area contributed by atoms with Crippen LogP contribution >= 0.6 is 0 Å². The molecule has 1 fully saturated rings. The molecule has 1 aromatic heterocycles. The fourth-order valence-corrected chi connectivity index (χ4v) is 4.11. The van der Waals surface area contributed by atoms with E-state index in [-0.39, 0.29) is 17.9 Å². The number of rotatable bonds is 6. The monoisotopic (exact) mass is 419 g/mol. The second-order valence-corrected chi connectivity index (χ2v) is 8.74. The number of amides is 1. The van der Waals surface area contributed by atoms with Crippen molar-refractivity contribution in [2.24, 2.45) is 5.92 Å². The molecule has 6 heteroatoms. The Morgan fingerprint density at radius 1 is 1.13 bits per heavy atom. The van der Waals surface area contributed by atoms with E-state index in [9.17, 15) is 10.1 Å². The highest BCUT2D eigenvalue weighted by molar-refractivity contribution is 5.92. The highest BCUT2D eigenvalue weighted by Crippen LogP contribution is 2.18. The molecule has 31 heavy (non-hydrogen) atoms. The molecule has 0 spiro atoms. The third-order valence-electron chi connectivity index (χ3n) is 6.07. The lowest BCUT2D eigenvalue weighted by Crippen LogP contribution is -2.52. The van der Waals surface area contributed by atoms with E-state index in [2.05, 4.69) is 61.1 Å². The van der Waals surface area contributed by atoms with Crippen LogP contribution in [0.2, 0.25) is 0 Å². The maximum absolute atomic E-state index is 12.7. The summed E-state index contributed by atoms with van der Waals surface area (Å²) in [7, 11) is 0. The number of nitrogens with zero attached hydrogens (tertiary/aromatic N) is 5. The van der Waals surface area contributed by atoms with Crippen molar-refractivity contribution in [2.75, 3.05) is 26.2 Å². The summed E-state index contributed by atoms with van der Waals surface area (Å²) in [5.41, 5.74) is 5.43. The van der Waals surface area contributed by atoms with Gasteiger partial charge in [0.05, 0.1) is 18.3 Å². The molecule has 1 aliphatic rings. The zero-order valence-electron chi connectivity index (χ0n) is 19.3. The van der Waals surface area contributed by atoms with Gasteiger partial charge in [-0.3, -0.25) is 14.4 Å². The summed E-state index contributed by atoms with van der Waals surface area (Å²) in [6.07, 6.45) is 3.55. The van der Waals surface area contributed by atoms with Crippen LogP contribution in [0.15, 0.2) is 30.3 Å². The number of carbonyl (C=O) groups excluding carboxylic acids is 1. The molecule has 0 aliphatic carbocycles. The van der Waals surface area contributed by atoms with Crippen molar-refractivity contribution in [3.8, 4) is 6.07 Å². The van der Waals surface area contributed by atoms with Gasteiger partial charge in [0.1, 0.15) is 6.04 Å². The van der Waals surface area contributed by atoms with Gasteiger partial charge in [-0.05, 0) is 38.3 Å². The Balaban J connectivity index is 1.63. The third kappa shape index (κ3) is 5.42. The Morgan fingerprint density at radius 3 is 2.35 bits per heavy atom. The first kappa shape index (κ1) is 22.8. The maximum Gasteiger partial charge on any atom is 0.246 e. The predicted octanol–water partition coefficient (Wildman–Crippen LogP) is 3.56. The molecular formula is C25H33N5O. The minimum atomic E-state index is -0.0857. The quantitative estimate of drug-likeness (QED) is 0.672. The molecule has 0 bridgehead atoms. The number of piperazine rings is 1. The SMILES string of the molecule is Cc1ccc(Cn2nc(C)c(/C=C/C(=O)N3CCN(C(C#N)C(C)C)CC3)c2C)cc1. The first-order valence-electron chi connectivity index (χ1n) is 11.0. The molecule has 0 N–H and O–H groups in total. The molecular weight excluding hydrogens is 386 g/mol. The molecule has 1 saturated heterocycles. The van der Waals surface area contributed by atoms with Crippen molar-refractivity contribution in [3.63, 3.8) is 0 Å². The minimum absolute atomic E-state index is 0.0165. The van der Waals surface area contributed by atoms with Crippen LogP contribution in [-0.2, 0) is 11.3 Å². The second kappa shape index (κ2) is 9.93. The molecule has 3 rings (SSSR count). The Bertz CT molecular complexity index is 973. The Hall–Kier alpha value is -2.91. The molecule has 2 aromatic rings. The van der Waals surface area contributed by atoms with E-state index in [1.54, 1.807) is 6.08 Å². The smallest absolute Gasteiger partial charge is 0.246 e. The van der Waals surface area contributed by atoms with Gasteiger partial charge >= 0.3 is 0 Å². The van der Waals surface area contributed by atoms with E-state index >= 15 is 0 Å². The summed E-state index contributed by atoms with van der Waals surface area (Å²) in [6, 6.07) is 10.8. The van der Waals surface area contributed by atoms with Crippen LogP contribution in [0.4, 0.5) is 0 Å². The van der Waals surface area contributed by atoms with Crippen molar-refractivity contribution in [3.05, 3.63) is 58.4 Å². The largest absolute Gasteiger partial charge is 0.337 e. The first-order chi connectivity index (χ1) is 14.8. The van der Waals surface area contributed by atoms with Crippen LogP contribution in [0.5, 0.6) is 0 Å². The Kier molecular flexibility index (Phi) is 7.29. The van der Waals surface area contributed by atoms with Crippen LogP contribution in [0.25, 0.3) is 6.08 Å². The predicted molar refractivity (Wildman–Crippen MR) is 123 cm³/mol. The molecule has 1 atom stereocenters. The standard InChI is InChI=1S/C25H33N5O/c1-18(2)24(16-26)28-12-14-29(15-13-28)25(31)11-10-23-20(4)27-30(21(23)5)17-22-8-6-19(3)7-9-22/h6-11,18,24H,12-15,17H2,1-5H3/b11-10+. The van der Waals surface area contributed by atoms with E-state index in [0.717, 1.165) is 30.0 Å². The number of hydrogen-bond donors (Lipinski definition) is 0.